The van der Waals surface area contributed by atoms with Crippen molar-refractivity contribution in [2.75, 3.05) is 13.1 Å². The van der Waals surface area contributed by atoms with E-state index < -0.39 is 11.9 Å². The molecule has 1 aromatic heterocycles. The molecule has 0 aliphatic carbocycles. The topological polar surface area (TPSA) is 112 Å². The minimum atomic E-state index is -0.836. The van der Waals surface area contributed by atoms with Gasteiger partial charge in [-0.2, -0.15) is 5.21 Å². The smallest absolute Gasteiger partial charge is 0.306 e. The Morgan fingerprint density at radius 1 is 1.56 bits per heavy atom. The van der Waals surface area contributed by atoms with Crippen molar-refractivity contribution in [3.8, 4) is 0 Å². The van der Waals surface area contributed by atoms with E-state index >= 15 is 0 Å². The number of aromatic nitrogens is 4. The van der Waals surface area contributed by atoms with Gasteiger partial charge in [-0.1, -0.05) is 6.92 Å². The third-order valence-corrected chi connectivity index (χ3v) is 2.83. The van der Waals surface area contributed by atoms with E-state index in [-0.39, 0.29) is 17.6 Å². The van der Waals surface area contributed by atoms with Gasteiger partial charge >= 0.3 is 5.97 Å². The van der Waals surface area contributed by atoms with Crippen molar-refractivity contribution in [2.24, 2.45) is 11.8 Å². The zero-order chi connectivity index (χ0) is 11.7. The SMILES string of the molecule is CC(C(=O)O)C1CN(C(=O)c2nn[nH]n2)C1. The number of carbonyl (C=O) groups is 2. The Labute approximate surface area is 90.6 Å². The van der Waals surface area contributed by atoms with Gasteiger partial charge in [-0.05, 0) is 5.21 Å². The predicted molar refractivity (Wildman–Crippen MR) is 50.4 cm³/mol. The van der Waals surface area contributed by atoms with Crippen molar-refractivity contribution in [3.05, 3.63) is 5.82 Å². The lowest BCUT2D eigenvalue weighted by Crippen LogP contribution is -2.53. The van der Waals surface area contributed by atoms with Gasteiger partial charge in [0.25, 0.3) is 11.7 Å². The van der Waals surface area contributed by atoms with E-state index in [1.807, 2.05) is 0 Å². The molecule has 1 fully saturated rings. The molecule has 0 aromatic carbocycles. The van der Waals surface area contributed by atoms with Crippen molar-refractivity contribution in [1.29, 1.82) is 0 Å². The van der Waals surface area contributed by atoms with Crippen molar-refractivity contribution in [1.82, 2.24) is 25.5 Å². The highest BCUT2D eigenvalue weighted by Gasteiger charge is 2.38. The van der Waals surface area contributed by atoms with Crippen LogP contribution in [0, 0.1) is 11.8 Å². The minimum Gasteiger partial charge on any atom is -0.481 e. The number of likely N-dealkylation sites (tertiary alicyclic amines) is 1. The van der Waals surface area contributed by atoms with Crippen LogP contribution in [-0.4, -0.2) is 55.6 Å². The average molecular weight is 225 g/mol. The van der Waals surface area contributed by atoms with Crippen molar-refractivity contribution in [2.45, 2.75) is 6.92 Å². The van der Waals surface area contributed by atoms with Crippen LogP contribution in [0.4, 0.5) is 0 Å². The molecule has 0 radical (unpaired) electrons. The fourth-order valence-electron chi connectivity index (χ4n) is 1.59. The third-order valence-electron chi connectivity index (χ3n) is 2.83. The summed E-state index contributed by atoms with van der Waals surface area (Å²) < 4.78 is 0. The zero-order valence-corrected chi connectivity index (χ0v) is 8.62. The largest absolute Gasteiger partial charge is 0.481 e. The quantitative estimate of drug-likeness (QED) is 0.681. The highest BCUT2D eigenvalue weighted by Crippen LogP contribution is 2.24. The van der Waals surface area contributed by atoms with Gasteiger partial charge in [0.05, 0.1) is 5.92 Å². The molecule has 2 rings (SSSR count). The summed E-state index contributed by atoms with van der Waals surface area (Å²) in [5.41, 5.74) is 0. The maximum absolute atomic E-state index is 11.6. The number of hydrogen-bond acceptors (Lipinski definition) is 5. The van der Waals surface area contributed by atoms with E-state index in [1.54, 1.807) is 6.92 Å². The third kappa shape index (κ3) is 1.73. The average Bonchev–Trinajstić information content (AvgIpc) is 2.67. The van der Waals surface area contributed by atoms with Gasteiger partial charge in [-0.25, -0.2) is 0 Å². The van der Waals surface area contributed by atoms with Crippen molar-refractivity contribution in [3.63, 3.8) is 0 Å². The Bertz CT molecular complexity index is 398. The molecule has 2 heterocycles. The number of H-pyrrole nitrogens is 1. The summed E-state index contributed by atoms with van der Waals surface area (Å²) in [6, 6.07) is 0. The summed E-state index contributed by atoms with van der Waals surface area (Å²) in [7, 11) is 0. The standard InChI is InChI=1S/C8H11N5O3/c1-4(8(15)16)5-2-13(3-5)7(14)6-9-11-12-10-6/h4-5H,2-3H2,1H3,(H,15,16)(H,9,10,11,12). The molecule has 86 valence electrons. The lowest BCUT2D eigenvalue weighted by molar-refractivity contribution is -0.144. The second kappa shape index (κ2) is 3.87. The monoisotopic (exact) mass is 225 g/mol. The second-order valence-corrected chi connectivity index (χ2v) is 3.83. The van der Waals surface area contributed by atoms with Crippen LogP contribution in [-0.2, 0) is 4.79 Å². The molecule has 1 aliphatic rings. The first kappa shape index (κ1) is 10.5. The Kier molecular flexibility index (Phi) is 2.55. The van der Waals surface area contributed by atoms with E-state index in [0.717, 1.165) is 0 Å². The number of hydrogen-bond donors (Lipinski definition) is 2. The highest BCUT2D eigenvalue weighted by molar-refractivity contribution is 5.90. The first-order chi connectivity index (χ1) is 7.59. The molecule has 1 unspecified atom stereocenters. The second-order valence-electron chi connectivity index (χ2n) is 3.83. The first-order valence-electron chi connectivity index (χ1n) is 4.85. The van der Waals surface area contributed by atoms with Crippen LogP contribution >= 0.6 is 0 Å². The van der Waals surface area contributed by atoms with Gasteiger partial charge in [0.15, 0.2) is 0 Å². The molecular weight excluding hydrogens is 214 g/mol. The van der Waals surface area contributed by atoms with E-state index in [9.17, 15) is 9.59 Å². The van der Waals surface area contributed by atoms with Crippen LogP contribution < -0.4 is 0 Å². The summed E-state index contributed by atoms with van der Waals surface area (Å²) in [6.07, 6.45) is 0. The number of aliphatic carboxylic acids is 1. The highest BCUT2D eigenvalue weighted by atomic mass is 16.4. The molecule has 0 bridgehead atoms. The number of nitrogens with zero attached hydrogens (tertiary/aromatic N) is 4. The molecule has 1 aliphatic heterocycles. The number of carboxylic acids is 1. The molecule has 16 heavy (non-hydrogen) atoms. The summed E-state index contributed by atoms with van der Waals surface area (Å²) in [5, 5.41) is 21.4. The molecule has 1 aromatic rings. The van der Waals surface area contributed by atoms with Crippen molar-refractivity contribution < 1.29 is 14.7 Å². The van der Waals surface area contributed by atoms with Gasteiger partial charge in [-0.15, -0.1) is 10.2 Å². The summed E-state index contributed by atoms with van der Waals surface area (Å²) in [5.74, 6) is -1.57. The summed E-state index contributed by atoms with van der Waals surface area (Å²) >= 11 is 0. The normalized spacial score (nSPS) is 17.9. The minimum absolute atomic E-state index is 0.00773. The molecule has 1 saturated heterocycles. The number of carbonyl (C=O) groups excluding carboxylic acids is 1. The zero-order valence-electron chi connectivity index (χ0n) is 8.62. The van der Waals surface area contributed by atoms with Gasteiger partial charge in [-0.3, -0.25) is 9.59 Å². The van der Waals surface area contributed by atoms with E-state index in [2.05, 4.69) is 20.6 Å². The molecule has 2 N–H and O–H groups in total. The van der Waals surface area contributed by atoms with Crippen LogP contribution in [0.3, 0.4) is 0 Å². The maximum atomic E-state index is 11.6. The Hall–Kier alpha value is -1.99. The van der Waals surface area contributed by atoms with E-state index in [4.69, 9.17) is 5.11 Å². The molecule has 8 heteroatoms. The van der Waals surface area contributed by atoms with E-state index in [1.165, 1.54) is 4.90 Å². The Morgan fingerprint density at radius 2 is 2.25 bits per heavy atom. The van der Waals surface area contributed by atoms with Crippen LogP contribution in [0.5, 0.6) is 0 Å². The number of nitrogens with one attached hydrogen (secondary N) is 1. The molecule has 1 atom stereocenters. The van der Waals surface area contributed by atoms with Gasteiger partial charge in [0, 0.05) is 19.0 Å². The number of amides is 1. The molecule has 1 amide bonds. The lowest BCUT2D eigenvalue weighted by Gasteiger charge is -2.40. The summed E-state index contributed by atoms with van der Waals surface area (Å²) in [4.78, 5) is 23.8. The number of tetrazole rings is 1. The summed E-state index contributed by atoms with van der Waals surface area (Å²) in [6.45, 7) is 2.50. The lowest BCUT2D eigenvalue weighted by atomic mass is 9.87. The fraction of sp³-hybridized carbons (Fsp3) is 0.625. The van der Waals surface area contributed by atoms with Crippen LogP contribution in [0.1, 0.15) is 17.5 Å². The molecule has 0 saturated carbocycles. The number of carboxylic acid groups (broad SMARTS) is 1. The molecular formula is C8H11N5O3. The van der Waals surface area contributed by atoms with Gasteiger partial charge in [0.2, 0.25) is 0 Å². The first-order valence-corrected chi connectivity index (χ1v) is 4.85. The fourth-order valence-corrected chi connectivity index (χ4v) is 1.59. The Balaban J connectivity index is 1.89. The predicted octanol–water partition coefficient (Wildman–Crippen LogP) is -1.01. The molecule has 0 spiro atoms. The number of aromatic amines is 1. The van der Waals surface area contributed by atoms with Crippen LogP contribution in [0.25, 0.3) is 0 Å². The van der Waals surface area contributed by atoms with Crippen molar-refractivity contribution >= 4 is 11.9 Å². The van der Waals surface area contributed by atoms with Gasteiger partial charge < -0.3 is 10.0 Å². The van der Waals surface area contributed by atoms with E-state index in [0.29, 0.717) is 13.1 Å². The van der Waals surface area contributed by atoms with Crippen LogP contribution in [0.15, 0.2) is 0 Å². The van der Waals surface area contributed by atoms with Crippen LogP contribution in [0.2, 0.25) is 0 Å². The van der Waals surface area contributed by atoms with Gasteiger partial charge in [0.1, 0.15) is 0 Å². The number of rotatable bonds is 3. The molecule has 8 nitrogen and oxygen atoms in total. The maximum Gasteiger partial charge on any atom is 0.306 e. The Morgan fingerprint density at radius 3 is 2.75 bits per heavy atom.